The van der Waals surface area contributed by atoms with Gasteiger partial charge in [0.2, 0.25) is 5.88 Å². The standard InChI is InChI=1S/C27H26BrF3N4O5/c1-14(28)11-17(27(31)7-9-38-10-8-27)25(32-2)39-15-12-18(26(36)37)35(13-15)24-21-20(33-23(34-24)22(29)30)16-5-3-4-6-19(16)40-21/h3-6,11,15,18,22H,2,7-10,12-13H2,1H3,(H,36,37)/b14-11+,25-17-/t15-,18-/m0/s1. The summed E-state index contributed by atoms with van der Waals surface area (Å²) in [5.74, 6) is -2.14. The first kappa shape index (κ1) is 28.1. The number of rotatable bonds is 8. The van der Waals surface area contributed by atoms with E-state index in [9.17, 15) is 18.7 Å². The maximum absolute atomic E-state index is 16.1. The van der Waals surface area contributed by atoms with E-state index in [1.807, 2.05) is 0 Å². The van der Waals surface area contributed by atoms with Crippen molar-refractivity contribution in [3.05, 3.63) is 52.1 Å². The summed E-state index contributed by atoms with van der Waals surface area (Å²) in [6, 6.07) is 5.57. The molecule has 0 aliphatic carbocycles. The molecule has 13 heteroatoms. The van der Waals surface area contributed by atoms with E-state index in [0.29, 0.717) is 15.5 Å². The number of furan rings is 1. The Hall–Kier alpha value is -3.45. The summed E-state index contributed by atoms with van der Waals surface area (Å²) >= 11 is 3.34. The number of halogens is 4. The molecular formula is C27H26BrF3N4O5. The van der Waals surface area contributed by atoms with E-state index in [1.165, 1.54) is 4.90 Å². The van der Waals surface area contributed by atoms with Gasteiger partial charge in [-0.15, -0.1) is 0 Å². The van der Waals surface area contributed by atoms with Crippen LogP contribution in [0.3, 0.4) is 0 Å². The van der Waals surface area contributed by atoms with Crippen LogP contribution in [0.2, 0.25) is 0 Å². The molecular weight excluding hydrogens is 597 g/mol. The summed E-state index contributed by atoms with van der Waals surface area (Å²) < 4.78 is 61.7. The Morgan fingerprint density at radius 2 is 2.05 bits per heavy atom. The Morgan fingerprint density at radius 3 is 2.70 bits per heavy atom. The number of hydrogen-bond donors (Lipinski definition) is 1. The second-order valence-corrected chi connectivity index (χ2v) is 10.9. The zero-order valence-electron chi connectivity index (χ0n) is 21.4. The summed E-state index contributed by atoms with van der Waals surface area (Å²) in [5, 5.41) is 10.6. The highest BCUT2D eigenvalue weighted by atomic mass is 79.9. The second kappa shape index (κ2) is 11.2. The zero-order valence-corrected chi connectivity index (χ0v) is 23.0. The number of carboxylic acids is 1. The molecule has 0 bridgehead atoms. The molecule has 2 saturated heterocycles. The maximum Gasteiger partial charge on any atom is 0.326 e. The Morgan fingerprint density at radius 1 is 1.32 bits per heavy atom. The predicted molar refractivity (Wildman–Crippen MR) is 146 cm³/mol. The number of ether oxygens (including phenoxy) is 2. The van der Waals surface area contributed by atoms with Gasteiger partial charge < -0.3 is 23.9 Å². The number of hydrogen-bond acceptors (Lipinski definition) is 8. The van der Waals surface area contributed by atoms with Gasteiger partial charge in [0, 0.05) is 37.9 Å². The molecule has 2 aromatic heterocycles. The molecule has 9 nitrogen and oxygen atoms in total. The van der Waals surface area contributed by atoms with Crippen molar-refractivity contribution in [3.63, 3.8) is 0 Å². The molecule has 2 fully saturated rings. The van der Waals surface area contributed by atoms with E-state index in [4.69, 9.17) is 13.9 Å². The number of aliphatic carboxylic acids is 1. The molecule has 0 unspecified atom stereocenters. The predicted octanol–water partition coefficient (Wildman–Crippen LogP) is 6.09. The average molecular weight is 623 g/mol. The summed E-state index contributed by atoms with van der Waals surface area (Å²) in [5.41, 5.74) is -1.01. The minimum Gasteiger partial charge on any atom is -0.480 e. The molecule has 2 atom stereocenters. The quantitative estimate of drug-likeness (QED) is 0.182. The molecule has 40 heavy (non-hydrogen) atoms. The minimum absolute atomic E-state index is 0.0588. The number of nitrogens with zero attached hydrogens (tertiary/aromatic N) is 4. The first-order valence-electron chi connectivity index (χ1n) is 12.6. The normalized spacial score (nSPS) is 22.1. The van der Waals surface area contributed by atoms with Crippen molar-refractivity contribution >= 4 is 56.5 Å². The summed E-state index contributed by atoms with van der Waals surface area (Å²) in [6.07, 6.45) is -2.15. The number of aliphatic imine (C=N–C) groups is 1. The van der Waals surface area contributed by atoms with E-state index >= 15 is 4.39 Å². The van der Waals surface area contributed by atoms with Gasteiger partial charge in [-0.1, -0.05) is 28.1 Å². The van der Waals surface area contributed by atoms with Crippen LogP contribution in [0.5, 0.6) is 0 Å². The van der Waals surface area contributed by atoms with Gasteiger partial charge in [0.25, 0.3) is 6.43 Å². The van der Waals surface area contributed by atoms with Gasteiger partial charge in [0.15, 0.2) is 17.2 Å². The molecule has 1 N–H and O–H groups in total. The van der Waals surface area contributed by atoms with Gasteiger partial charge in [0.1, 0.15) is 28.9 Å². The SMILES string of the molecule is C=N/C(O[C@H]1C[C@@H](C(=O)O)N(c2nc(C(F)F)nc3c2oc2ccccc23)C1)=C(\C=C(/C)Br)C1(F)CCOCC1. The van der Waals surface area contributed by atoms with Crippen molar-refractivity contribution in [2.45, 2.75) is 50.4 Å². The lowest BCUT2D eigenvalue weighted by atomic mass is 9.87. The first-order chi connectivity index (χ1) is 19.1. The van der Waals surface area contributed by atoms with E-state index in [-0.39, 0.29) is 67.4 Å². The van der Waals surface area contributed by atoms with Crippen molar-refractivity contribution in [1.82, 2.24) is 9.97 Å². The second-order valence-electron chi connectivity index (χ2n) is 9.65. The smallest absolute Gasteiger partial charge is 0.326 e. The third-order valence-corrected chi connectivity index (χ3v) is 7.23. The highest BCUT2D eigenvalue weighted by Crippen LogP contribution is 2.40. The molecule has 0 saturated carbocycles. The number of aromatic nitrogens is 2. The van der Waals surface area contributed by atoms with Crippen LogP contribution in [-0.4, -0.2) is 65.3 Å². The van der Waals surface area contributed by atoms with E-state index in [1.54, 1.807) is 37.3 Å². The number of benzene rings is 1. The highest BCUT2D eigenvalue weighted by Gasteiger charge is 2.43. The first-order valence-corrected chi connectivity index (χ1v) is 13.4. The summed E-state index contributed by atoms with van der Waals surface area (Å²) in [4.78, 5) is 25.7. The lowest BCUT2D eigenvalue weighted by Crippen LogP contribution is -2.37. The average Bonchev–Trinajstić information content (AvgIpc) is 3.52. The topological polar surface area (TPSA) is 110 Å². The van der Waals surface area contributed by atoms with Crippen LogP contribution in [0.1, 0.15) is 38.4 Å². The van der Waals surface area contributed by atoms with Gasteiger partial charge in [-0.2, -0.15) is 0 Å². The van der Waals surface area contributed by atoms with Gasteiger partial charge in [-0.25, -0.2) is 32.9 Å². The van der Waals surface area contributed by atoms with Crippen molar-refractivity contribution in [2.75, 3.05) is 24.7 Å². The number of anilines is 1. The molecule has 4 heterocycles. The fourth-order valence-electron chi connectivity index (χ4n) is 5.13. The molecule has 3 aromatic rings. The summed E-state index contributed by atoms with van der Waals surface area (Å²) in [7, 11) is 0. The molecule has 0 amide bonds. The number of fused-ring (bicyclic) bond motifs is 3. The van der Waals surface area contributed by atoms with Crippen LogP contribution in [0.25, 0.3) is 22.1 Å². The number of carbonyl (C=O) groups is 1. The molecule has 0 radical (unpaired) electrons. The van der Waals surface area contributed by atoms with Crippen LogP contribution >= 0.6 is 15.9 Å². The van der Waals surface area contributed by atoms with Crippen LogP contribution in [0.15, 0.2) is 55.7 Å². The number of alkyl halides is 3. The lowest BCUT2D eigenvalue weighted by Gasteiger charge is -2.32. The van der Waals surface area contributed by atoms with E-state index in [0.717, 1.165) is 0 Å². The molecule has 2 aliphatic heterocycles. The number of allylic oxidation sites excluding steroid dienone is 3. The van der Waals surface area contributed by atoms with Gasteiger partial charge in [0.05, 0.1) is 12.1 Å². The van der Waals surface area contributed by atoms with E-state index in [2.05, 4.69) is 37.6 Å². The van der Waals surface area contributed by atoms with Crippen LogP contribution in [-0.2, 0) is 14.3 Å². The summed E-state index contributed by atoms with van der Waals surface area (Å²) in [6.45, 7) is 5.64. The number of para-hydroxylation sites is 1. The van der Waals surface area contributed by atoms with Crippen LogP contribution in [0.4, 0.5) is 19.0 Å². The van der Waals surface area contributed by atoms with Gasteiger partial charge >= 0.3 is 5.97 Å². The largest absolute Gasteiger partial charge is 0.480 e. The fraction of sp³-hybridized carbons (Fsp3) is 0.407. The molecule has 5 rings (SSSR count). The van der Waals surface area contributed by atoms with E-state index < -0.39 is 36.0 Å². The van der Waals surface area contributed by atoms with Gasteiger partial charge in [-0.3, -0.25) is 0 Å². The van der Waals surface area contributed by atoms with Crippen molar-refractivity contribution in [1.29, 1.82) is 0 Å². The third kappa shape index (κ3) is 5.31. The molecule has 2 aliphatic rings. The zero-order chi connectivity index (χ0) is 28.6. The van der Waals surface area contributed by atoms with Crippen LogP contribution < -0.4 is 4.90 Å². The molecule has 0 spiro atoms. The molecule has 1 aromatic carbocycles. The fourth-order valence-corrected chi connectivity index (χ4v) is 5.36. The maximum atomic E-state index is 16.1. The highest BCUT2D eigenvalue weighted by molar-refractivity contribution is 9.11. The third-order valence-electron chi connectivity index (χ3n) is 7.00. The Bertz CT molecular complexity index is 1510. The van der Waals surface area contributed by atoms with Crippen molar-refractivity contribution < 1.29 is 37.0 Å². The molecule has 212 valence electrons. The minimum atomic E-state index is -3.00. The Labute approximate surface area is 235 Å². The monoisotopic (exact) mass is 622 g/mol. The lowest BCUT2D eigenvalue weighted by molar-refractivity contribution is -0.138. The van der Waals surface area contributed by atoms with Crippen molar-refractivity contribution in [3.8, 4) is 0 Å². The Balaban J connectivity index is 1.56. The van der Waals surface area contributed by atoms with Crippen LogP contribution in [0, 0.1) is 0 Å². The van der Waals surface area contributed by atoms with Crippen molar-refractivity contribution in [2.24, 2.45) is 4.99 Å². The number of carboxylic acid groups (broad SMARTS) is 1. The Kier molecular flexibility index (Phi) is 7.87. The van der Waals surface area contributed by atoms with Gasteiger partial charge in [-0.05, 0) is 36.3 Å².